The van der Waals surface area contributed by atoms with Crippen LogP contribution in [0.1, 0.15) is 22.3 Å². The van der Waals surface area contributed by atoms with Crippen LogP contribution in [0.25, 0.3) is 42.9 Å². The lowest BCUT2D eigenvalue weighted by Gasteiger charge is -2.08. The van der Waals surface area contributed by atoms with Crippen molar-refractivity contribution in [2.75, 3.05) is 31.6 Å². The summed E-state index contributed by atoms with van der Waals surface area (Å²) < 4.78 is 15.0. The second kappa shape index (κ2) is 21.8. The van der Waals surface area contributed by atoms with Gasteiger partial charge >= 0.3 is 0 Å². The molecule has 20 heteroatoms. The second-order valence-corrected chi connectivity index (χ2v) is 15.7. The number of anilines is 1. The van der Waals surface area contributed by atoms with Crippen LogP contribution in [0.4, 0.5) is 5.82 Å². The summed E-state index contributed by atoms with van der Waals surface area (Å²) in [6.07, 6.45) is 2.95. The van der Waals surface area contributed by atoms with Gasteiger partial charge in [0.1, 0.15) is 46.5 Å². The van der Waals surface area contributed by atoms with Crippen molar-refractivity contribution in [3.63, 3.8) is 0 Å². The summed E-state index contributed by atoms with van der Waals surface area (Å²) in [5.41, 5.74) is 13.2. The average Bonchev–Trinajstić information content (AvgIpc) is 3.99. The number of aliphatic hydroxyl groups excluding tert-OH is 2. The van der Waals surface area contributed by atoms with Crippen LogP contribution in [0.3, 0.4) is 0 Å². The quantitative estimate of drug-likeness (QED) is 0.0677. The van der Waals surface area contributed by atoms with E-state index < -0.39 is 0 Å². The fourth-order valence-electron chi connectivity index (χ4n) is 6.08. The zero-order valence-corrected chi connectivity index (χ0v) is 37.6. The molecule has 0 aliphatic heterocycles. The number of rotatable bonds is 12. The van der Waals surface area contributed by atoms with Crippen molar-refractivity contribution in [1.29, 1.82) is 0 Å². The zero-order chi connectivity index (χ0) is 42.1. The molecule has 5 N–H and O–H groups in total. The summed E-state index contributed by atoms with van der Waals surface area (Å²) >= 11 is 20.8. The van der Waals surface area contributed by atoms with Crippen LogP contribution in [0.15, 0.2) is 71.9 Å². The Kier molecular flexibility index (Phi) is 16.8. The predicted molar refractivity (Wildman–Crippen MR) is 244 cm³/mol. The standard InChI is InChI=1S/C20H20ClN5O2S.C14H19N3O2.C6H2Cl2N2S.ClH/c1-12-17(14-5-3-13(9-27)4-6-14)26(2)25-19(12)28-8-7-22-18-16-15(21)10-29-20(16)24-11-23-18;1-10-13(12-5-3-11(9-18)4-6-12)17(2)16-14(10)19-8-7-15;7-3-1-11-6-4(3)5(8)9-2-10-6;/h3-6,10-11,27H,7-9H2,1-2H3,(H,22,23,24);3-6,18H,7-9,15H2,1-2H3;1-2H;1H. The highest BCUT2D eigenvalue weighted by atomic mass is 35.5. The number of hydrogen-bond acceptors (Lipinski definition) is 14. The molecular formula is C40H42Cl4N10O4S2. The Morgan fingerprint density at radius 3 is 1.63 bits per heavy atom. The Morgan fingerprint density at radius 2 is 1.15 bits per heavy atom. The first kappa shape index (κ1) is 46.4. The first-order chi connectivity index (χ1) is 28.5. The van der Waals surface area contributed by atoms with E-state index in [9.17, 15) is 5.11 Å². The van der Waals surface area contributed by atoms with Crippen molar-refractivity contribution in [3.8, 4) is 34.3 Å². The maximum absolute atomic E-state index is 9.22. The molecule has 0 atom stereocenters. The van der Waals surface area contributed by atoms with Crippen LogP contribution < -0.4 is 20.5 Å². The minimum absolute atomic E-state index is 0. The van der Waals surface area contributed by atoms with Gasteiger partial charge in [-0.05, 0) is 25.0 Å². The molecule has 0 amide bonds. The number of aliphatic hydroxyl groups is 2. The Balaban J connectivity index is 0.000000188. The molecule has 0 bridgehead atoms. The number of aromatic nitrogens is 8. The van der Waals surface area contributed by atoms with E-state index in [1.807, 2.05) is 86.5 Å². The maximum Gasteiger partial charge on any atom is 0.236 e. The maximum atomic E-state index is 9.22. The molecule has 14 nitrogen and oxygen atoms in total. The number of hydrogen-bond donors (Lipinski definition) is 4. The monoisotopic (exact) mass is 930 g/mol. The minimum atomic E-state index is 0. The lowest BCUT2D eigenvalue weighted by Crippen LogP contribution is -2.13. The van der Waals surface area contributed by atoms with Gasteiger partial charge in [-0.25, -0.2) is 19.9 Å². The fourth-order valence-corrected chi connectivity index (χ4v) is 8.69. The summed E-state index contributed by atoms with van der Waals surface area (Å²) in [6.45, 7) is 5.95. The minimum Gasteiger partial charge on any atom is -0.475 e. The number of nitrogens with one attached hydrogen (secondary N) is 1. The van der Waals surface area contributed by atoms with Gasteiger partial charge in [0, 0.05) is 53.7 Å². The SMILES string of the molecule is Cc1c(OCCN)nn(C)c1-c1ccc(CO)cc1.Cc1c(OCCNc2ncnc3scc(Cl)c23)nn(C)c1-c1ccc(CO)cc1.Cl.Clc1csc2ncnc(Cl)c12. The fraction of sp³-hybridized carbons (Fsp3) is 0.250. The molecule has 0 fully saturated rings. The highest BCUT2D eigenvalue weighted by molar-refractivity contribution is 7.17. The van der Waals surface area contributed by atoms with E-state index in [-0.39, 0.29) is 25.6 Å². The van der Waals surface area contributed by atoms with Gasteiger partial charge in [-0.3, -0.25) is 9.36 Å². The number of benzene rings is 2. The molecule has 0 unspecified atom stereocenters. The molecule has 0 aliphatic rings. The molecule has 0 radical (unpaired) electrons. The van der Waals surface area contributed by atoms with Crippen LogP contribution >= 0.6 is 69.9 Å². The molecule has 0 saturated heterocycles. The molecule has 6 aromatic heterocycles. The molecule has 6 heterocycles. The number of thiophene rings is 2. The summed E-state index contributed by atoms with van der Waals surface area (Å²) in [7, 11) is 3.78. The molecule has 0 saturated carbocycles. The van der Waals surface area contributed by atoms with Gasteiger partial charge in [0.05, 0.1) is 52.0 Å². The Bertz CT molecular complexity index is 2630. The third-order valence-electron chi connectivity index (χ3n) is 8.90. The summed E-state index contributed by atoms with van der Waals surface area (Å²) in [4.78, 5) is 18.0. The van der Waals surface area contributed by atoms with Crippen LogP contribution in [0.2, 0.25) is 15.2 Å². The van der Waals surface area contributed by atoms with E-state index in [1.54, 1.807) is 10.1 Å². The van der Waals surface area contributed by atoms with Gasteiger partial charge in [-0.2, -0.15) is 0 Å². The smallest absolute Gasteiger partial charge is 0.236 e. The Labute approximate surface area is 375 Å². The van der Waals surface area contributed by atoms with Gasteiger partial charge in [0.15, 0.2) is 0 Å². The van der Waals surface area contributed by atoms with Crippen molar-refractivity contribution in [2.45, 2.75) is 27.1 Å². The molecule has 8 aromatic rings. The topological polar surface area (TPSA) is 184 Å². The van der Waals surface area contributed by atoms with Gasteiger partial charge in [-0.15, -0.1) is 45.3 Å². The average molecular weight is 933 g/mol. The molecule has 2 aromatic carbocycles. The third kappa shape index (κ3) is 10.8. The lowest BCUT2D eigenvalue weighted by atomic mass is 10.1. The Hall–Kier alpha value is -4.62. The van der Waals surface area contributed by atoms with E-state index in [2.05, 4.69) is 35.5 Å². The van der Waals surface area contributed by atoms with Crippen LogP contribution in [0, 0.1) is 13.8 Å². The van der Waals surface area contributed by atoms with Crippen LogP contribution in [-0.2, 0) is 27.3 Å². The normalized spacial score (nSPS) is 10.8. The summed E-state index contributed by atoms with van der Waals surface area (Å²) in [6, 6.07) is 15.5. The molecular weight excluding hydrogens is 890 g/mol. The van der Waals surface area contributed by atoms with E-state index in [0.717, 1.165) is 65.2 Å². The van der Waals surface area contributed by atoms with Crippen molar-refractivity contribution in [1.82, 2.24) is 39.5 Å². The molecule has 60 heavy (non-hydrogen) atoms. The van der Waals surface area contributed by atoms with Crippen LogP contribution in [-0.4, -0.2) is 76.0 Å². The van der Waals surface area contributed by atoms with Gasteiger partial charge in [0.25, 0.3) is 0 Å². The van der Waals surface area contributed by atoms with E-state index in [1.165, 1.54) is 35.3 Å². The summed E-state index contributed by atoms with van der Waals surface area (Å²) in [5, 5.41) is 37.3. The van der Waals surface area contributed by atoms with E-state index >= 15 is 0 Å². The van der Waals surface area contributed by atoms with E-state index in [0.29, 0.717) is 59.1 Å². The first-order valence-corrected chi connectivity index (χ1v) is 21.0. The number of aryl methyl sites for hydroxylation is 2. The van der Waals surface area contributed by atoms with Gasteiger partial charge < -0.3 is 30.7 Å². The number of nitrogens with zero attached hydrogens (tertiary/aromatic N) is 8. The molecule has 0 aliphatic carbocycles. The highest BCUT2D eigenvalue weighted by Gasteiger charge is 2.17. The second-order valence-electron chi connectivity index (χ2n) is 12.8. The third-order valence-corrected chi connectivity index (χ3v) is 11.8. The highest BCUT2D eigenvalue weighted by Crippen LogP contribution is 2.34. The number of nitrogens with two attached hydrogens (primary N) is 1. The van der Waals surface area contributed by atoms with Crippen LogP contribution in [0.5, 0.6) is 11.8 Å². The number of halogens is 4. The van der Waals surface area contributed by atoms with E-state index in [4.69, 9.17) is 55.1 Å². The van der Waals surface area contributed by atoms with Gasteiger partial charge in [0.2, 0.25) is 11.8 Å². The lowest BCUT2D eigenvalue weighted by molar-refractivity contribution is 0.281. The van der Waals surface area contributed by atoms with Gasteiger partial charge in [-0.1, -0.05) is 83.3 Å². The number of fused-ring (bicyclic) bond motifs is 2. The van der Waals surface area contributed by atoms with Crippen molar-refractivity contribution in [3.05, 3.63) is 109 Å². The molecule has 8 rings (SSSR count). The summed E-state index contributed by atoms with van der Waals surface area (Å²) in [5.74, 6) is 1.92. The zero-order valence-electron chi connectivity index (χ0n) is 32.9. The number of ether oxygens (including phenoxy) is 2. The molecule has 316 valence electrons. The first-order valence-electron chi connectivity index (χ1n) is 18.1. The predicted octanol–water partition coefficient (Wildman–Crippen LogP) is 8.68. The van der Waals surface area contributed by atoms with Crippen molar-refractivity contribution < 1.29 is 19.7 Å². The largest absolute Gasteiger partial charge is 0.475 e. The van der Waals surface area contributed by atoms with Crippen molar-refractivity contribution >= 4 is 96.1 Å². The Morgan fingerprint density at radius 1 is 0.683 bits per heavy atom. The van der Waals surface area contributed by atoms with Crippen molar-refractivity contribution in [2.24, 2.45) is 19.8 Å². The molecule has 0 spiro atoms.